The lowest BCUT2D eigenvalue weighted by Gasteiger charge is -2.02. The summed E-state index contributed by atoms with van der Waals surface area (Å²) in [6, 6.07) is 6.72. The predicted molar refractivity (Wildman–Crippen MR) is 97.7 cm³/mol. The molecule has 22 heavy (non-hydrogen) atoms. The number of imidazole rings is 1. The normalized spacial score (nSPS) is 10.7. The molecule has 0 saturated carbocycles. The van der Waals surface area contributed by atoms with Gasteiger partial charge in [0.2, 0.25) is 0 Å². The van der Waals surface area contributed by atoms with Crippen LogP contribution in [-0.4, -0.2) is 33.2 Å². The average molecular weight is 363 g/mol. The Morgan fingerprint density at radius 3 is 2.59 bits per heavy atom. The van der Waals surface area contributed by atoms with E-state index in [0.29, 0.717) is 12.4 Å². The largest absolute Gasteiger partial charge is 0.508 e. The molecule has 2 rings (SSSR count). The first kappa shape index (κ1) is 20.6. The van der Waals surface area contributed by atoms with Gasteiger partial charge in [-0.1, -0.05) is 0 Å². The van der Waals surface area contributed by atoms with Gasteiger partial charge in [-0.2, -0.15) is 11.8 Å². The number of H-pyrrole nitrogens is 1. The van der Waals surface area contributed by atoms with Crippen LogP contribution in [0.4, 0.5) is 0 Å². The van der Waals surface area contributed by atoms with E-state index in [2.05, 4.69) is 15.0 Å². The van der Waals surface area contributed by atoms with Gasteiger partial charge in [0, 0.05) is 22.8 Å². The molecular weight excluding hydrogens is 343 g/mol. The number of phenols is 1. The molecule has 0 aliphatic carbocycles. The van der Waals surface area contributed by atoms with Gasteiger partial charge in [0.25, 0.3) is 0 Å². The number of nitrogens with two attached hydrogens (primary N) is 1. The van der Waals surface area contributed by atoms with Gasteiger partial charge in [0.15, 0.2) is 0 Å². The molecule has 5 nitrogen and oxygen atoms in total. The van der Waals surface area contributed by atoms with E-state index in [0.717, 1.165) is 28.5 Å². The van der Waals surface area contributed by atoms with Crippen molar-refractivity contribution in [1.82, 2.24) is 9.97 Å². The number of hydrogen-bond acceptors (Lipinski definition) is 4. The van der Waals surface area contributed by atoms with Gasteiger partial charge in [-0.25, -0.2) is 4.98 Å². The number of nitrogens with zero attached hydrogens (tertiary/aromatic N) is 2. The average Bonchev–Trinajstić information content (AvgIpc) is 2.84. The number of thioether (sulfide) groups is 1. The molecular formula is C14H20Cl2N4OS. The molecule has 4 N–H and O–H groups in total. The van der Waals surface area contributed by atoms with Crippen LogP contribution in [0.1, 0.15) is 17.0 Å². The molecule has 122 valence electrons. The van der Waals surface area contributed by atoms with Crippen LogP contribution in [0.2, 0.25) is 0 Å². The van der Waals surface area contributed by atoms with Gasteiger partial charge < -0.3 is 15.8 Å². The molecule has 0 bridgehead atoms. The Kier molecular flexibility index (Phi) is 9.73. The minimum Gasteiger partial charge on any atom is -0.508 e. The van der Waals surface area contributed by atoms with Crippen LogP contribution in [0.5, 0.6) is 5.75 Å². The van der Waals surface area contributed by atoms with Crippen LogP contribution in [0, 0.1) is 6.92 Å². The zero-order valence-electron chi connectivity index (χ0n) is 12.2. The molecule has 0 amide bonds. The van der Waals surface area contributed by atoms with E-state index in [9.17, 15) is 5.11 Å². The van der Waals surface area contributed by atoms with Crippen molar-refractivity contribution in [2.45, 2.75) is 12.7 Å². The highest BCUT2D eigenvalue weighted by Gasteiger charge is 2.01. The molecule has 0 radical (unpaired) electrons. The summed E-state index contributed by atoms with van der Waals surface area (Å²) in [4.78, 5) is 11.6. The van der Waals surface area contributed by atoms with Crippen LogP contribution in [0.3, 0.4) is 0 Å². The molecule has 0 aliphatic rings. The summed E-state index contributed by atoms with van der Waals surface area (Å²) in [5, 5.41) is 9.20. The molecule has 1 aromatic carbocycles. The fraction of sp³-hybridized carbons (Fsp3) is 0.286. The lowest BCUT2D eigenvalue weighted by Crippen LogP contribution is -2.14. The SMILES string of the molecule is Cc1[nH]cnc1CSCCN=C(N)c1ccc(O)cc1.Cl.Cl. The zero-order valence-corrected chi connectivity index (χ0v) is 14.6. The number of nitrogens with one attached hydrogen (secondary N) is 1. The number of aliphatic imine (C=N–C) groups is 1. The maximum Gasteiger partial charge on any atom is 0.125 e. The molecule has 2 aromatic rings. The molecule has 0 saturated heterocycles. The van der Waals surface area contributed by atoms with E-state index in [1.807, 2.05) is 6.92 Å². The molecule has 8 heteroatoms. The van der Waals surface area contributed by atoms with E-state index in [1.165, 1.54) is 0 Å². The number of amidine groups is 1. The van der Waals surface area contributed by atoms with Crippen LogP contribution in [-0.2, 0) is 5.75 Å². The summed E-state index contributed by atoms with van der Waals surface area (Å²) in [5.74, 6) is 2.50. The highest BCUT2D eigenvalue weighted by atomic mass is 35.5. The summed E-state index contributed by atoms with van der Waals surface area (Å²) < 4.78 is 0. The van der Waals surface area contributed by atoms with Crippen LogP contribution < -0.4 is 5.73 Å². The fourth-order valence-electron chi connectivity index (χ4n) is 1.66. The van der Waals surface area contributed by atoms with Crippen molar-refractivity contribution >= 4 is 42.4 Å². The molecule has 1 aromatic heterocycles. The van der Waals surface area contributed by atoms with Crippen LogP contribution in [0.25, 0.3) is 0 Å². The molecule has 0 atom stereocenters. The highest BCUT2D eigenvalue weighted by Crippen LogP contribution is 2.12. The maximum absolute atomic E-state index is 9.20. The van der Waals surface area contributed by atoms with Crippen LogP contribution in [0.15, 0.2) is 35.6 Å². The highest BCUT2D eigenvalue weighted by molar-refractivity contribution is 7.98. The third-order valence-corrected chi connectivity index (χ3v) is 3.80. The number of hydrogen-bond donors (Lipinski definition) is 3. The number of halogens is 2. The summed E-state index contributed by atoms with van der Waals surface area (Å²) in [6.45, 7) is 2.69. The van der Waals surface area contributed by atoms with E-state index >= 15 is 0 Å². The Morgan fingerprint density at radius 2 is 2.00 bits per heavy atom. The number of aryl methyl sites for hydroxylation is 1. The van der Waals surface area contributed by atoms with Crippen molar-refractivity contribution in [3.63, 3.8) is 0 Å². The predicted octanol–water partition coefficient (Wildman–Crippen LogP) is 2.91. The minimum atomic E-state index is 0. The fourth-order valence-corrected chi connectivity index (χ4v) is 2.50. The number of aromatic nitrogens is 2. The smallest absolute Gasteiger partial charge is 0.125 e. The lowest BCUT2D eigenvalue weighted by atomic mass is 10.2. The van der Waals surface area contributed by atoms with Gasteiger partial charge in [0.05, 0.1) is 18.6 Å². The third-order valence-electron chi connectivity index (χ3n) is 2.85. The van der Waals surface area contributed by atoms with Gasteiger partial charge >= 0.3 is 0 Å². The molecule has 0 unspecified atom stereocenters. The van der Waals surface area contributed by atoms with Gasteiger partial charge in [-0.3, -0.25) is 4.99 Å². The molecule has 1 heterocycles. The third kappa shape index (κ3) is 6.17. The summed E-state index contributed by atoms with van der Waals surface area (Å²) in [7, 11) is 0. The Hall–Kier alpha value is -1.37. The monoisotopic (exact) mass is 362 g/mol. The zero-order chi connectivity index (χ0) is 14.4. The first-order valence-corrected chi connectivity index (χ1v) is 7.48. The van der Waals surface area contributed by atoms with Gasteiger partial charge in [-0.05, 0) is 31.2 Å². The Labute approximate surface area is 146 Å². The van der Waals surface area contributed by atoms with Crippen molar-refractivity contribution in [3.05, 3.63) is 47.5 Å². The number of benzene rings is 1. The second kappa shape index (κ2) is 10.4. The molecule has 0 aliphatic heterocycles. The van der Waals surface area contributed by atoms with Crippen molar-refractivity contribution in [3.8, 4) is 5.75 Å². The van der Waals surface area contributed by atoms with Gasteiger partial charge in [0.1, 0.15) is 11.6 Å². The Bertz CT molecular complexity index is 587. The standard InChI is InChI=1S/C14H18N4OS.2ClH/c1-10-13(18-9-17-10)8-20-7-6-16-14(15)11-2-4-12(19)5-3-11;;/h2-5,9,19H,6-8H2,1H3,(H2,15,16)(H,17,18);2*1H. The second-order valence-electron chi connectivity index (χ2n) is 4.34. The van der Waals surface area contributed by atoms with Gasteiger partial charge in [-0.15, -0.1) is 24.8 Å². The number of aromatic hydroxyl groups is 1. The molecule has 0 fully saturated rings. The molecule has 0 spiro atoms. The summed E-state index contributed by atoms with van der Waals surface area (Å²) >= 11 is 1.78. The topological polar surface area (TPSA) is 87.3 Å². The second-order valence-corrected chi connectivity index (χ2v) is 5.45. The number of phenolic OH excluding ortho intramolecular Hbond substituents is 1. The maximum atomic E-state index is 9.20. The van der Waals surface area contributed by atoms with Crippen molar-refractivity contribution in [2.75, 3.05) is 12.3 Å². The minimum absolute atomic E-state index is 0. The quantitative estimate of drug-likeness (QED) is 0.418. The Morgan fingerprint density at radius 1 is 1.32 bits per heavy atom. The first-order chi connectivity index (χ1) is 9.66. The Balaban J connectivity index is 0.00000220. The van der Waals surface area contributed by atoms with E-state index < -0.39 is 0 Å². The number of aromatic amines is 1. The lowest BCUT2D eigenvalue weighted by molar-refractivity contribution is 0.475. The van der Waals surface area contributed by atoms with E-state index in [1.54, 1.807) is 42.4 Å². The summed E-state index contributed by atoms with van der Waals surface area (Å²) in [6.07, 6.45) is 1.71. The van der Waals surface area contributed by atoms with Crippen molar-refractivity contribution in [2.24, 2.45) is 10.7 Å². The summed E-state index contributed by atoms with van der Waals surface area (Å²) in [5.41, 5.74) is 8.92. The van der Waals surface area contributed by atoms with E-state index in [4.69, 9.17) is 5.73 Å². The van der Waals surface area contributed by atoms with Crippen LogP contribution >= 0.6 is 36.6 Å². The van der Waals surface area contributed by atoms with Crippen molar-refractivity contribution < 1.29 is 5.11 Å². The van der Waals surface area contributed by atoms with Crippen molar-refractivity contribution in [1.29, 1.82) is 0 Å². The first-order valence-electron chi connectivity index (χ1n) is 6.32. The van der Waals surface area contributed by atoms with E-state index in [-0.39, 0.29) is 30.6 Å². The number of rotatable bonds is 6.